The second-order valence-electron chi connectivity index (χ2n) is 7.89. The molecule has 1 saturated heterocycles. The van der Waals surface area contributed by atoms with Gasteiger partial charge in [-0.1, -0.05) is 31.0 Å². The predicted octanol–water partition coefficient (Wildman–Crippen LogP) is 4.88. The van der Waals surface area contributed by atoms with Gasteiger partial charge in [0, 0.05) is 6.54 Å². The molecule has 0 aromatic heterocycles. The van der Waals surface area contributed by atoms with Crippen molar-refractivity contribution in [3.8, 4) is 5.75 Å². The molecule has 1 aliphatic heterocycles. The Morgan fingerprint density at radius 2 is 1.64 bits per heavy atom. The van der Waals surface area contributed by atoms with Gasteiger partial charge < -0.3 is 4.74 Å². The van der Waals surface area contributed by atoms with Crippen molar-refractivity contribution in [2.24, 2.45) is 0 Å². The molecule has 1 atom stereocenters. The molecule has 0 unspecified atom stereocenters. The van der Waals surface area contributed by atoms with Gasteiger partial charge in [0.25, 0.3) is 0 Å². The first-order valence-corrected chi connectivity index (χ1v) is 11.8. The van der Waals surface area contributed by atoms with Crippen molar-refractivity contribution in [2.75, 3.05) is 13.7 Å². The minimum Gasteiger partial charge on any atom is -0.497 e. The summed E-state index contributed by atoms with van der Waals surface area (Å²) >= 11 is 0. The Morgan fingerprint density at radius 1 is 0.893 bits per heavy atom. The summed E-state index contributed by atoms with van der Waals surface area (Å²) in [6.07, 6.45) is 8.29. The molecule has 1 fully saturated rings. The lowest BCUT2D eigenvalue weighted by Crippen LogP contribution is -2.35. The smallest absolute Gasteiger partial charge is 0.243 e. The summed E-state index contributed by atoms with van der Waals surface area (Å²) in [5.74, 6) is 0.793. The SMILES string of the molecule is COc1ccc([C@@H]2CCCCCN2S(=O)(=O)c2ccc3c(c2)CCCC3)cc1. The Kier molecular flexibility index (Phi) is 5.74. The average molecular weight is 400 g/mol. The van der Waals surface area contributed by atoms with E-state index in [9.17, 15) is 8.42 Å². The van der Waals surface area contributed by atoms with Crippen LogP contribution in [0.5, 0.6) is 5.75 Å². The lowest BCUT2D eigenvalue weighted by molar-refractivity contribution is 0.328. The molecule has 1 aliphatic carbocycles. The number of fused-ring (bicyclic) bond motifs is 1. The predicted molar refractivity (Wildman–Crippen MR) is 111 cm³/mol. The van der Waals surface area contributed by atoms with Gasteiger partial charge in [0.15, 0.2) is 0 Å². The monoisotopic (exact) mass is 399 g/mol. The third kappa shape index (κ3) is 3.83. The first-order chi connectivity index (χ1) is 13.6. The third-order valence-corrected chi connectivity index (χ3v) is 8.03. The highest BCUT2D eigenvalue weighted by Crippen LogP contribution is 2.36. The Labute approximate surface area is 168 Å². The zero-order valence-corrected chi connectivity index (χ0v) is 17.4. The number of aryl methyl sites for hydroxylation is 2. The molecule has 4 rings (SSSR count). The van der Waals surface area contributed by atoms with Crippen molar-refractivity contribution in [2.45, 2.75) is 62.3 Å². The number of nitrogens with zero attached hydrogens (tertiary/aromatic N) is 1. The third-order valence-electron chi connectivity index (χ3n) is 6.13. The van der Waals surface area contributed by atoms with E-state index < -0.39 is 10.0 Å². The van der Waals surface area contributed by atoms with Gasteiger partial charge in [0.1, 0.15) is 5.75 Å². The summed E-state index contributed by atoms with van der Waals surface area (Å²) in [5.41, 5.74) is 3.57. The maximum absolute atomic E-state index is 13.6. The van der Waals surface area contributed by atoms with Crippen molar-refractivity contribution in [3.05, 3.63) is 59.2 Å². The van der Waals surface area contributed by atoms with Crippen molar-refractivity contribution >= 4 is 10.0 Å². The van der Waals surface area contributed by atoms with Crippen LogP contribution in [-0.2, 0) is 22.9 Å². The number of benzene rings is 2. The van der Waals surface area contributed by atoms with E-state index in [4.69, 9.17) is 4.74 Å². The second-order valence-corrected chi connectivity index (χ2v) is 9.78. The molecule has 0 N–H and O–H groups in total. The molecule has 4 nitrogen and oxygen atoms in total. The van der Waals surface area contributed by atoms with Crippen LogP contribution in [0.4, 0.5) is 0 Å². The summed E-state index contributed by atoms with van der Waals surface area (Å²) in [4.78, 5) is 0.452. The van der Waals surface area contributed by atoms with Gasteiger partial charge in [-0.05, 0) is 79.5 Å². The number of rotatable bonds is 4. The van der Waals surface area contributed by atoms with Crippen LogP contribution in [0.15, 0.2) is 47.4 Å². The minimum absolute atomic E-state index is 0.116. The van der Waals surface area contributed by atoms with E-state index in [1.54, 1.807) is 11.4 Å². The normalized spacial score (nSPS) is 21.0. The largest absolute Gasteiger partial charge is 0.497 e. The van der Waals surface area contributed by atoms with Crippen molar-refractivity contribution in [1.82, 2.24) is 4.31 Å². The number of hydrogen-bond acceptors (Lipinski definition) is 3. The molecular weight excluding hydrogens is 370 g/mol. The van der Waals surface area contributed by atoms with E-state index in [0.29, 0.717) is 11.4 Å². The molecule has 28 heavy (non-hydrogen) atoms. The van der Waals surface area contributed by atoms with E-state index in [-0.39, 0.29) is 6.04 Å². The molecule has 0 bridgehead atoms. The van der Waals surface area contributed by atoms with Crippen molar-refractivity contribution in [3.63, 3.8) is 0 Å². The molecule has 2 aromatic carbocycles. The standard InChI is InChI=1S/C23H29NO3S/c1-27-21-13-10-19(11-14-21)23-9-3-2-6-16-24(23)28(25,26)22-15-12-18-7-4-5-8-20(18)17-22/h10-15,17,23H,2-9,16H2,1H3/t23-/m0/s1. The number of sulfonamides is 1. The molecule has 5 heteroatoms. The van der Waals surface area contributed by atoms with E-state index in [1.165, 1.54) is 17.5 Å². The Hall–Kier alpha value is -1.85. The molecule has 0 spiro atoms. The van der Waals surface area contributed by atoms with Crippen molar-refractivity contribution < 1.29 is 13.2 Å². The first-order valence-electron chi connectivity index (χ1n) is 10.4. The van der Waals surface area contributed by atoms with Gasteiger partial charge >= 0.3 is 0 Å². The Morgan fingerprint density at radius 3 is 2.39 bits per heavy atom. The van der Waals surface area contributed by atoms with Crippen molar-refractivity contribution in [1.29, 1.82) is 0 Å². The molecule has 150 valence electrons. The van der Waals surface area contributed by atoms with Crippen LogP contribution in [0.3, 0.4) is 0 Å². The van der Waals surface area contributed by atoms with Gasteiger partial charge in [0.05, 0.1) is 18.0 Å². The average Bonchev–Trinajstić information content (AvgIpc) is 3.00. The minimum atomic E-state index is -3.53. The van der Waals surface area contributed by atoms with Gasteiger partial charge in [-0.15, -0.1) is 0 Å². The van der Waals surface area contributed by atoms with Crippen LogP contribution in [0.1, 0.15) is 61.3 Å². The van der Waals surface area contributed by atoms with Crippen LogP contribution < -0.4 is 4.74 Å². The van der Waals surface area contributed by atoms with E-state index in [1.807, 2.05) is 42.5 Å². The number of hydrogen-bond donors (Lipinski definition) is 0. The van der Waals surface area contributed by atoms with Crippen LogP contribution in [0.2, 0.25) is 0 Å². The summed E-state index contributed by atoms with van der Waals surface area (Å²) in [5, 5.41) is 0. The van der Waals surface area contributed by atoms with Crippen LogP contribution >= 0.6 is 0 Å². The zero-order chi connectivity index (χ0) is 19.6. The van der Waals surface area contributed by atoms with Gasteiger partial charge in [-0.25, -0.2) is 8.42 Å². The number of ether oxygens (including phenoxy) is 1. The highest BCUT2D eigenvalue weighted by molar-refractivity contribution is 7.89. The summed E-state index contributed by atoms with van der Waals surface area (Å²) < 4.78 is 34.3. The lowest BCUT2D eigenvalue weighted by Gasteiger charge is -2.30. The maximum atomic E-state index is 13.6. The van der Waals surface area contributed by atoms with Crippen LogP contribution in [0, 0.1) is 0 Å². The van der Waals surface area contributed by atoms with E-state index in [2.05, 4.69) is 0 Å². The topological polar surface area (TPSA) is 46.6 Å². The Balaban J connectivity index is 1.70. The van der Waals surface area contributed by atoms with Crippen LogP contribution in [-0.4, -0.2) is 26.4 Å². The van der Waals surface area contributed by atoms with Crippen LogP contribution in [0.25, 0.3) is 0 Å². The van der Waals surface area contributed by atoms with Gasteiger partial charge in [-0.3, -0.25) is 0 Å². The molecule has 1 heterocycles. The summed E-state index contributed by atoms with van der Waals surface area (Å²) in [7, 11) is -1.88. The highest BCUT2D eigenvalue weighted by Gasteiger charge is 2.33. The molecular formula is C23H29NO3S. The molecule has 0 amide bonds. The first kappa shape index (κ1) is 19.5. The van der Waals surface area contributed by atoms with Gasteiger partial charge in [0.2, 0.25) is 10.0 Å². The highest BCUT2D eigenvalue weighted by atomic mass is 32.2. The lowest BCUT2D eigenvalue weighted by atomic mass is 9.92. The quantitative estimate of drug-likeness (QED) is 0.736. The molecule has 0 radical (unpaired) electrons. The molecule has 0 saturated carbocycles. The zero-order valence-electron chi connectivity index (χ0n) is 16.6. The second kappa shape index (κ2) is 8.26. The van der Waals surface area contributed by atoms with E-state index in [0.717, 1.165) is 56.3 Å². The van der Waals surface area contributed by atoms with E-state index >= 15 is 0 Å². The fourth-order valence-corrected chi connectivity index (χ4v) is 6.27. The fraction of sp³-hybridized carbons (Fsp3) is 0.478. The maximum Gasteiger partial charge on any atom is 0.243 e. The Bertz CT molecular complexity index is 921. The molecule has 2 aliphatic rings. The molecule has 2 aromatic rings. The number of methoxy groups -OCH3 is 1. The summed E-state index contributed by atoms with van der Waals surface area (Å²) in [6, 6.07) is 13.5. The fourth-order valence-electron chi connectivity index (χ4n) is 4.53. The van der Waals surface area contributed by atoms with Gasteiger partial charge in [-0.2, -0.15) is 4.31 Å². The summed E-state index contributed by atoms with van der Waals surface area (Å²) in [6.45, 7) is 0.579.